The highest BCUT2D eigenvalue weighted by atomic mass is 35.5. The number of hydrogen-bond donors (Lipinski definition) is 2. The number of nitrogen functional groups attached to an aromatic ring is 1. The number of aromatic nitrogens is 1. The molecule has 0 fully saturated rings. The van der Waals surface area contributed by atoms with Gasteiger partial charge >= 0.3 is 0 Å². The van der Waals surface area contributed by atoms with Gasteiger partial charge in [-0.1, -0.05) is 29.8 Å². The molecule has 0 aliphatic carbocycles. The summed E-state index contributed by atoms with van der Waals surface area (Å²) in [4.78, 5) is 17.8. The van der Waals surface area contributed by atoms with Gasteiger partial charge in [0.25, 0.3) is 5.91 Å². The van der Waals surface area contributed by atoms with Crippen molar-refractivity contribution in [3.63, 3.8) is 0 Å². The molecular formula is C15H17ClN4O. The van der Waals surface area contributed by atoms with Crippen molar-refractivity contribution < 1.29 is 4.79 Å². The lowest BCUT2D eigenvalue weighted by Crippen LogP contribution is -2.31. The van der Waals surface area contributed by atoms with Crippen LogP contribution in [0.3, 0.4) is 0 Å². The van der Waals surface area contributed by atoms with Crippen LogP contribution < -0.4 is 11.3 Å². The fourth-order valence-corrected chi connectivity index (χ4v) is 2.26. The van der Waals surface area contributed by atoms with Crippen LogP contribution in [-0.4, -0.2) is 22.8 Å². The van der Waals surface area contributed by atoms with Gasteiger partial charge in [-0.05, 0) is 36.9 Å². The van der Waals surface area contributed by atoms with Crippen molar-refractivity contribution >= 4 is 17.5 Å². The third kappa shape index (κ3) is 4.53. The van der Waals surface area contributed by atoms with Crippen molar-refractivity contribution in [2.45, 2.75) is 13.1 Å². The lowest BCUT2D eigenvalue weighted by atomic mass is 10.2. The van der Waals surface area contributed by atoms with E-state index >= 15 is 0 Å². The van der Waals surface area contributed by atoms with Gasteiger partial charge in [0, 0.05) is 18.1 Å². The number of carbonyl (C=O) groups excluding carboxylic acids is 1. The minimum absolute atomic E-state index is 0.311. The Labute approximate surface area is 128 Å². The van der Waals surface area contributed by atoms with Gasteiger partial charge in [0.1, 0.15) is 5.69 Å². The van der Waals surface area contributed by atoms with Crippen molar-refractivity contribution in [3.05, 3.63) is 64.4 Å². The van der Waals surface area contributed by atoms with Crippen molar-refractivity contribution in [3.8, 4) is 0 Å². The first-order valence-electron chi connectivity index (χ1n) is 6.48. The molecule has 0 aliphatic heterocycles. The van der Waals surface area contributed by atoms with E-state index in [1.54, 1.807) is 12.1 Å². The predicted octanol–water partition coefficient (Wildman–Crippen LogP) is 1.97. The topological polar surface area (TPSA) is 71.2 Å². The SMILES string of the molecule is CN(Cc1cccc(Cl)c1)Cc1cccc(C(=O)NN)n1. The fourth-order valence-electron chi connectivity index (χ4n) is 2.05. The number of rotatable bonds is 5. The molecule has 5 nitrogen and oxygen atoms in total. The van der Waals surface area contributed by atoms with E-state index in [1.165, 1.54) is 0 Å². The molecule has 0 bridgehead atoms. The molecule has 0 saturated heterocycles. The zero-order valence-corrected chi connectivity index (χ0v) is 12.5. The van der Waals surface area contributed by atoms with Gasteiger partial charge in [0.05, 0.1) is 5.69 Å². The van der Waals surface area contributed by atoms with Crippen LogP contribution >= 0.6 is 11.6 Å². The van der Waals surface area contributed by atoms with E-state index < -0.39 is 5.91 Å². The minimum atomic E-state index is -0.394. The first kappa shape index (κ1) is 15.4. The third-order valence-corrected chi connectivity index (χ3v) is 3.18. The molecule has 2 rings (SSSR count). The Morgan fingerprint density at radius 2 is 2.05 bits per heavy atom. The molecule has 0 unspecified atom stereocenters. The fraction of sp³-hybridized carbons (Fsp3) is 0.200. The smallest absolute Gasteiger partial charge is 0.283 e. The van der Waals surface area contributed by atoms with Crippen LogP contribution in [0.5, 0.6) is 0 Å². The van der Waals surface area contributed by atoms with Crippen LogP contribution in [0.15, 0.2) is 42.5 Å². The van der Waals surface area contributed by atoms with Crippen molar-refractivity contribution in [2.75, 3.05) is 7.05 Å². The number of carbonyl (C=O) groups is 1. The van der Waals surface area contributed by atoms with Crippen molar-refractivity contribution in [1.82, 2.24) is 15.3 Å². The maximum atomic E-state index is 11.5. The summed E-state index contributed by atoms with van der Waals surface area (Å²) >= 11 is 5.97. The molecule has 1 aromatic carbocycles. The summed E-state index contributed by atoms with van der Waals surface area (Å²) in [5, 5.41) is 0.723. The molecule has 1 aromatic heterocycles. The molecule has 0 aliphatic rings. The zero-order valence-electron chi connectivity index (χ0n) is 11.7. The summed E-state index contributed by atoms with van der Waals surface area (Å²) in [5.41, 5.74) is 4.32. The third-order valence-electron chi connectivity index (χ3n) is 2.94. The van der Waals surface area contributed by atoms with Crippen molar-refractivity contribution in [1.29, 1.82) is 0 Å². The molecular weight excluding hydrogens is 288 g/mol. The highest BCUT2D eigenvalue weighted by Crippen LogP contribution is 2.13. The summed E-state index contributed by atoms with van der Waals surface area (Å²) in [5.74, 6) is 4.72. The second-order valence-electron chi connectivity index (χ2n) is 4.79. The van der Waals surface area contributed by atoms with Gasteiger partial charge in [0.2, 0.25) is 0 Å². The monoisotopic (exact) mass is 304 g/mol. The molecule has 6 heteroatoms. The average Bonchev–Trinajstić information content (AvgIpc) is 2.46. The quantitative estimate of drug-likeness (QED) is 0.503. The molecule has 21 heavy (non-hydrogen) atoms. The summed E-state index contributed by atoms with van der Waals surface area (Å²) in [6.07, 6.45) is 0. The van der Waals surface area contributed by atoms with E-state index in [2.05, 4.69) is 15.3 Å². The molecule has 2 aromatic rings. The number of benzene rings is 1. The van der Waals surface area contributed by atoms with Crippen molar-refractivity contribution in [2.24, 2.45) is 5.84 Å². The van der Waals surface area contributed by atoms with Gasteiger partial charge < -0.3 is 0 Å². The van der Waals surface area contributed by atoms with Gasteiger partial charge in [-0.3, -0.25) is 15.1 Å². The van der Waals surface area contributed by atoms with E-state index in [0.717, 1.165) is 22.8 Å². The number of hydrogen-bond acceptors (Lipinski definition) is 4. The van der Waals surface area contributed by atoms with E-state index in [1.807, 2.05) is 37.4 Å². The summed E-state index contributed by atoms with van der Waals surface area (Å²) in [6, 6.07) is 13.0. The zero-order chi connectivity index (χ0) is 15.2. The Hall–Kier alpha value is -1.95. The second-order valence-corrected chi connectivity index (χ2v) is 5.23. The summed E-state index contributed by atoms with van der Waals surface area (Å²) < 4.78 is 0. The first-order chi connectivity index (χ1) is 10.1. The lowest BCUT2D eigenvalue weighted by Gasteiger charge is -2.16. The Balaban J connectivity index is 2.02. The highest BCUT2D eigenvalue weighted by Gasteiger charge is 2.08. The highest BCUT2D eigenvalue weighted by molar-refractivity contribution is 6.30. The number of amides is 1. The number of nitrogens with one attached hydrogen (secondary N) is 1. The van der Waals surface area contributed by atoms with Gasteiger partial charge in [-0.15, -0.1) is 0 Å². The summed E-state index contributed by atoms with van der Waals surface area (Å²) in [7, 11) is 1.98. The molecule has 1 amide bonds. The predicted molar refractivity (Wildman–Crippen MR) is 82.5 cm³/mol. The van der Waals surface area contributed by atoms with Gasteiger partial charge in [-0.2, -0.15) is 0 Å². The molecule has 110 valence electrons. The van der Waals surface area contributed by atoms with E-state index in [0.29, 0.717) is 12.2 Å². The van der Waals surface area contributed by atoms with Crippen LogP contribution in [0, 0.1) is 0 Å². The lowest BCUT2D eigenvalue weighted by molar-refractivity contribution is 0.0948. The molecule has 0 atom stereocenters. The molecule has 1 heterocycles. The van der Waals surface area contributed by atoms with Crippen LogP contribution in [0.2, 0.25) is 5.02 Å². The number of pyridine rings is 1. The average molecular weight is 305 g/mol. The van der Waals surface area contributed by atoms with E-state index in [4.69, 9.17) is 17.4 Å². The van der Waals surface area contributed by atoms with Crippen LogP contribution in [0.4, 0.5) is 0 Å². The minimum Gasteiger partial charge on any atom is -0.296 e. The molecule has 0 radical (unpaired) electrons. The number of nitrogens with zero attached hydrogens (tertiary/aromatic N) is 2. The number of halogens is 1. The van der Waals surface area contributed by atoms with E-state index in [-0.39, 0.29) is 0 Å². The second kappa shape index (κ2) is 7.17. The normalized spacial score (nSPS) is 10.7. The number of hydrazine groups is 1. The Morgan fingerprint density at radius 3 is 2.76 bits per heavy atom. The Kier molecular flexibility index (Phi) is 5.27. The van der Waals surface area contributed by atoms with Gasteiger partial charge in [0.15, 0.2) is 0 Å². The van der Waals surface area contributed by atoms with Crippen LogP contribution in [0.1, 0.15) is 21.7 Å². The van der Waals surface area contributed by atoms with Crippen LogP contribution in [-0.2, 0) is 13.1 Å². The van der Waals surface area contributed by atoms with Crippen LogP contribution in [0.25, 0.3) is 0 Å². The molecule has 3 N–H and O–H groups in total. The first-order valence-corrected chi connectivity index (χ1v) is 6.86. The van der Waals surface area contributed by atoms with Gasteiger partial charge in [-0.25, -0.2) is 10.8 Å². The maximum Gasteiger partial charge on any atom is 0.283 e. The molecule has 0 saturated carbocycles. The Bertz CT molecular complexity index is 633. The van der Waals surface area contributed by atoms with E-state index in [9.17, 15) is 4.79 Å². The standard InChI is InChI=1S/C15H17ClN4O/c1-20(9-11-4-2-5-12(16)8-11)10-13-6-3-7-14(18-13)15(21)19-17/h2-8H,9-10,17H2,1H3,(H,19,21). The Morgan fingerprint density at radius 1 is 1.29 bits per heavy atom. The number of nitrogens with two attached hydrogens (primary N) is 1. The largest absolute Gasteiger partial charge is 0.296 e. The molecule has 0 spiro atoms. The summed E-state index contributed by atoms with van der Waals surface area (Å²) in [6.45, 7) is 1.37. The maximum absolute atomic E-state index is 11.5.